The fourth-order valence-electron chi connectivity index (χ4n) is 1.21. The molecule has 0 aliphatic rings. The molecule has 0 spiro atoms. The minimum absolute atomic E-state index is 0.0992. The number of hydrogen-bond donors (Lipinski definition) is 2. The lowest BCUT2D eigenvalue weighted by atomic mass is 10.3. The second kappa shape index (κ2) is 4.62. The molecule has 0 saturated carbocycles. The van der Waals surface area contributed by atoms with Crippen molar-refractivity contribution < 1.29 is 13.6 Å². The van der Waals surface area contributed by atoms with Gasteiger partial charge in [0.25, 0.3) is 5.91 Å². The summed E-state index contributed by atoms with van der Waals surface area (Å²) in [5.41, 5.74) is 0.0617. The van der Waals surface area contributed by atoms with Crippen molar-refractivity contribution in [3.05, 3.63) is 46.2 Å². The third kappa shape index (κ3) is 2.50. The third-order valence-corrected chi connectivity index (χ3v) is 2.60. The average Bonchev–Trinajstić information content (AvgIpc) is 2.68. The van der Waals surface area contributed by atoms with Crippen molar-refractivity contribution >= 4 is 27.5 Å². The van der Waals surface area contributed by atoms with Gasteiger partial charge in [-0.05, 0) is 28.1 Å². The number of carbonyl (C=O) groups is 1. The standard InChI is InChI=1S/C10H6BrF2N3O/c11-6-4-14-16-9(6)10(17)15-8-2-1-5(12)3-7(8)13/h1-4H,(H,14,16)(H,15,17). The number of hydrogen-bond acceptors (Lipinski definition) is 2. The Morgan fingerprint density at radius 1 is 1.41 bits per heavy atom. The zero-order chi connectivity index (χ0) is 12.4. The molecule has 0 aliphatic heterocycles. The predicted molar refractivity (Wildman–Crippen MR) is 60.6 cm³/mol. The predicted octanol–water partition coefficient (Wildman–Crippen LogP) is 2.70. The molecule has 1 amide bonds. The summed E-state index contributed by atoms with van der Waals surface area (Å²) < 4.78 is 26.4. The van der Waals surface area contributed by atoms with Crippen LogP contribution in [0.25, 0.3) is 0 Å². The highest BCUT2D eigenvalue weighted by Crippen LogP contribution is 2.18. The van der Waals surface area contributed by atoms with E-state index in [1.165, 1.54) is 6.20 Å². The molecule has 7 heteroatoms. The molecular weight excluding hydrogens is 296 g/mol. The maximum Gasteiger partial charge on any atom is 0.274 e. The number of amides is 1. The summed E-state index contributed by atoms with van der Waals surface area (Å²) in [6.45, 7) is 0. The van der Waals surface area contributed by atoms with E-state index in [4.69, 9.17) is 0 Å². The fraction of sp³-hybridized carbons (Fsp3) is 0. The normalized spacial score (nSPS) is 10.3. The minimum atomic E-state index is -0.839. The Morgan fingerprint density at radius 2 is 2.18 bits per heavy atom. The second-order valence-corrected chi connectivity index (χ2v) is 4.03. The van der Waals surface area contributed by atoms with Gasteiger partial charge in [-0.15, -0.1) is 0 Å². The smallest absolute Gasteiger partial charge is 0.274 e. The van der Waals surface area contributed by atoms with E-state index in [9.17, 15) is 13.6 Å². The Balaban J connectivity index is 2.22. The highest BCUT2D eigenvalue weighted by molar-refractivity contribution is 9.10. The summed E-state index contributed by atoms with van der Waals surface area (Å²) >= 11 is 3.10. The zero-order valence-electron chi connectivity index (χ0n) is 8.30. The van der Waals surface area contributed by atoms with E-state index in [1.54, 1.807) is 0 Å². The van der Waals surface area contributed by atoms with Crippen LogP contribution in [0.4, 0.5) is 14.5 Å². The highest BCUT2D eigenvalue weighted by atomic mass is 79.9. The van der Waals surface area contributed by atoms with E-state index in [2.05, 4.69) is 31.4 Å². The van der Waals surface area contributed by atoms with Gasteiger partial charge in [0.1, 0.15) is 17.3 Å². The molecule has 88 valence electrons. The van der Waals surface area contributed by atoms with Crippen LogP contribution in [-0.2, 0) is 0 Å². The van der Waals surface area contributed by atoms with Crippen molar-refractivity contribution in [1.29, 1.82) is 0 Å². The van der Waals surface area contributed by atoms with Crippen molar-refractivity contribution in [2.24, 2.45) is 0 Å². The summed E-state index contributed by atoms with van der Waals surface area (Å²) in [5, 5.41) is 8.38. The van der Waals surface area contributed by atoms with Gasteiger partial charge in [0.05, 0.1) is 16.4 Å². The number of aromatic nitrogens is 2. The molecule has 4 nitrogen and oxygen atoms in total. The number of nitrogens with one attached hydrogen (secondary N) is 2. The molecule has 2 N–H and O–H groups in total. The largest absolute Gasteiger partial charge is 0.318 e. The summed E-state index contributed by atoms with van der Waals surface area (Å²) in [5.74, 6) is -2.11. The monoisotopic (exact) mass is 301 g/mol. The van der Waals surface area contributed by atoms with Crippen LogP contribution < -0.4 is 5.32 Å². The topological polar surface area (TPSA) is 57.8 Å². The Morgan fingerprint density at radius 3 is 2.76 bits per heavy atom. The Labute approximate surface area is 103 Å². The average molecular weight is 302 g/mol. The van der Waals surface area contributed by atoms with Gasteiger partial charge < -0.3 is 5.32 Å². The van der Waals surface area contributed by atoms with E-state index in [0.717, 1.165) is 12.1 Å². The highest BCUT2D eigenvalue weighted by Gasteiger charge is 2.14. The minimum Gasteiger partial charge on any atom is -0.318 e. The number of rotatable bonds is 2. The maximum atomic E-state index is 13.3. The number of nitrogens with zero attached hydrogens (tertiary/aromatic N) is 1. The van der Waals surface area contributed by atoms with E-state index < -0.39 is 17.5 Å². The first-order valence-corrected chi connectivity index (χ1v) is 5.32. The van der Waals surface area contributed by atoms with Crippen LogP contribution in [0.1, 0.15) is 10.5 Å². The first-order valence-electron chi connectivity index (χ1n) is 4.53. The van der Waals surface area contributed by atoms with Crippen molar-refractivity contribution in [1.82, 2.24) is 10.2 Å². The summed E-state index contributed by atoms with van der Waals surface area (Å²) in [6.07, 6.45) is 1.40. The SMILES string of the molecule is O=C(Nc1ccc(F)cc1F)c1[nH]ncc1Br. The van der Waals surface area contributed by atoms with E-state index >= 15 is 0 Å². The summed E-state index contributed by atoms with van der Waals surface area (Å²) in [6, 6.07) is 2.89. The lowest BCUT2D eigenvalue weighted by Gasteiger charge is -2.05. The van der Waals surface area contributed by atoms with Gasteiger partial charge in [0, 0.05) is 6.07 Å². The van der Waals surface area contributed by atoms with Gasteiger partial charge in [-0.25, -0.2) is 8.78 Å². The van der Waals surface area contributed by atoms with E-state index in [1.807, 2.05) is 0 Å². The van der Waals surface area contributed by atoms with Gasteiger partial charge in [-0.2, -0.15) is 5.10 Å². The molecule has 0 fully saturated rings. The number of H-pyrrole nitrogens is 1. The summed E-state index contributed by atoms with van der Waals surface area (Å²) in [7, 11) is 0. The first-order chi connectivity index (χ1) is 8.08. The number of anilines is 1. The molecule has 1 aromatic carbocycles. The number of aromatic amines is 1. The van der Waals surface area contributed by atoms with Crippen molar-refractivity contribution in [2.45, 2.75) is 0 Å². The maximum absolute atomic E-state index is 13.3. The molecule has 0 atom stereocenters. The Bertz CT molecular complexity index is 570. The van der Waals surface area contributed by atoms with Crippen molar-refractivity contribution in [2.75, 3.05) is 5.32 Å². The van der Waals surface area contributed by atoms with Crippen LogP contribution in [0.3, 0.4) is 0 Å². The molecule has 2 rings (SSSR count). The molecular formula is C10H6BrF2N3O. The second-order valence-electron chi connectivity index (χ2n) is 3.17. The van der Waals surface area contributed by atoms with Crippen LogP contribution in [0.5, 0.6) is 0 Å². The molecule has 17 heavy (non-hydrogen) atoms. The zero-order valence-corrected chi connectivity index (χ0v) is 9.88. The summed E-state index contributed by atoms with van der Waals surface area (Å²) in [4.78, 5) is 11.7. The van der Waals surface area contributed by atoms with Gasteiger partial charge in [-0.1, -0.05) is 0 Å². The number of halogens is 3. The Kier molecular flexibility index (Phi) is 3.19. The van der Waals surface area contributed by atoms with E-state index in [-0.39, 0.29) is 11.4 Å². The van der Waals surface area contributed by atoms with Crippen LogP contribution in [0.2, 0.25) is 0 Å². The van der Waals surface area contributed by atoms with Crippen LogP contribution >= 0.6 is 15.9 Å². The quantitative estimate of drug-likeness (QED) is 0.896. The molecule has 0 aliphatic carbocycles. The van der Waals surface area contributed by atoms with Gasteiger partial charge in [-0.3, -0.25) is 9.89 Å². The first kappa shape index (κ1) is 11.7. The third-order valence-electron chi connectivity index (χ3n) is 2.00. The van der Waals surface area contributed by atoms with E-state index in [0.29, 0.717) is 10.5 Å². The molecule has 0 unspecified atom stereocenters. The van der Waals surface area contributed by atoms with Crippen molar-refractivity contribution in [3.63, 3.8) is 0 Å². The van der Waals surface area contributed by atoms with Gasteiger partial charge >= 0.3 is 0 Å². The number of benzene rings is 1. The number of carbonyl (C=O) groups excluding carboxylic acids is 1. The van der Waals surface area contributed by atoms with Gasteiger partial charge in [0.15, 0.2) is 0 Å². The lowest BCUT2D eigenvalue weighted by Crippen LogP contribution is -2.14. The van der Waals surface area contributed by atoms with Gasteiger partial charge in [0.2, 0.25) is 0 Å². The Hall–Kier alpha value is -1.76. The molecule has 1 heterocycles. The molecule has 0 bridgehead atoms. The van der Waals surface area contributed by atoms with Crippen LogP contribution in [0, 0.1) is 11.6 Å². The molecule has 0 saturated heterocycles. The fourth-order valence-corrected chi connectivity index (χ4v) is 1.58. The molecule has 2 aromatic rings. The van der Waals surface area contributed by atoms with Crippen molar-refractivity contribution in [3.8, 4) is 0 Å². The molecule has 1 aromatic heterocycles. The lowest BCUT2D eigenvalue weighted by molar-refractivity contribution is 0.102. The van der Waals surface area contributed by atoms with Crippen LogP contribution in [-0.4, -0.2) is 16.1 Å². The molecule has 0 radical (unpaired) electrons. The van der Waals surface area contributed by atoms with Crippen LogP contribution in [0.15, 0.2) is 28.9 Å².